The summed E-state index contributed by atoms with van der Waals surface area (Å²) in [7, 11) is 3.92. The predicted molar refractivity (Wildman–Crippen MR) is 236 cm³/mol. The lowest BCUT2D eigenvalue weighted by molar-refractivity contribution is 0.0940. The maximum atomic E-state index is 12.9. The zero-order valence-electron chi connectivity index (χ0n) is 33.8. The molecule has 12 nitrogen and oxygen atoms in total. The van der Waals surface area contributed by atoms with Crippen molar-refractivity contribution in [2.75, 3.05) is 55.0 Å². The van der Waals surface area contributed by atoms with Crippen LogP contribution in [0, 0.1) is 13.8 Å². The first-order valence-corrected chi connectivity index (χ1v) is 20.0. The minimum absolute atomic E-state index is 0.00885. The largest absolute Gasteiger partial charge is 0.507 e. The fourth-order valence-electron chi connectivity index (χ4n) is 7.74. The fourth-order valence-corrected chi connectivity index (χ4v) is 7.74. The molecule has 12 heteroatoms. The van der Waals surface area contributed by atoms with E-state index in [1.165, 1.54) is 0 Å². The minimum Gasteiger partial charge on any atom is -0.507 e. The van der Waals surface area contributed by atoms with Crippen molar-refractivity contribution in [2.24, 2.45) is 5.73 Å². The zero-order chi connectivity index (χ0) is 41.2. The Balaban J connectivity index is 0.000000176. The molecule has 0 spiro atoms. The van der Waals surface area contributed by atoms with Gasteiger partial charge in [0.05, 0.1) is 22.2 Å². The number of hydrogen-bond donors (Lipinski definition) is 4. The van der Waals surface area contributed by atoms with Gasteiger partial charge in [0.1, 0.15) is 23.1 Å². The number of hydrogen-bond acceptors (Lipinski definition) is 11. The molecule has 9 rings (SSSR count). The van der Waals surface area contributed by atoms with Crippen LogP contribution in [0.3, 0.4) is 0 Å². The number of fused-ring (bicyclic) bond motifs is 2. The molecular formula is C47H49N9O3. The van der Waals surface area contributed by atoms with E-state index in [9.17, 15) is 15.0 Å². The highest BCUT2D eigenvalue weighted by atomic mass is 16.3. The number of phenols is 2. The Kier molecular flexibility index (Phi) is 11.0. The molecule has 2 fully saturated rings. The summed E-state index contributed by atoms with van der Waals surface area (Å²) in [6, 6.07) is 34.5. The van der Waals surface area contributed by atoms with Gasteiger partial charge in [0.25, 0.3) is 5.91 Å². The first kappa shape index (κ1) is 39.1. The molecule has 4 heterocycles. The average molecular weight is 788 g/mol. The topological polar surface area (TPSA) is 157 Å². The Hall–Kier alpha value is -6.79. The molecule has 5 N–H and O–H groups in total. The van der Waals surface area contributed by atoms with Crippen LogP contribution in [-0.2, 0) is 0 Å². The molecule has 0 bridgehead atoms. The van der Waals surface area contributed by atoms with Crippen LogP contribution in [0.2, 0.25) is 0 Å². The fraction of sp³-hybridized carbons (Fsp3) is 0.255. The number of aromatic hydroxyl groups is 2. The number of phenolic OH excluding ortho intramolecular Hbond substituents is 2. The van der Waals surface area contributed by atoms with Crippen molar-refractivity contribution in [3.63, 3.8) is 0 Å². The minimum atomic E-state index is -0.0707. The number of nitrogens with zero attached hydrogens (tertiary/aromatic N) is 7. The molecule has 7 aromatic rings. The first-order chi connectivity index (χ1) is 28.5. The second-order valence-corrected chi connectivity index (χ2v) is 15.7. The molecule has 0 saturated carbocycles. The normalized spacial score (nSPS) is 16.3. The van der Waals surface area contributed by atoms with Crippen LogP contribution >= 0.6 is 0 Å². The van der Waals surface area contributed by atoms with E-state index >= 15 is 0 Å². The Morgan fingerprint density at radius 3 is 1.75 bits per heavy atom. The number of anilines is 3. The highest BCUT2D eigenvalue weighted by Gasteiger charge is 2.28. The summed E-state index contributed by atoms with van der Waals surface area (Å²) in [5.41, 5.74) is 12.9. The van der Waals surface area contributed by atoms with E-state index in [-0.39, 0.29) is 29.5 Å². The van der Waals surface area contributed by atoms with Gasteiger partial charge in [0, 0.05) is 74.4 Å². The Morgan fingerprint density at radius 1 is 0.678 bits per heavy atom. The van der Waals surface area contributed by atoms with Gasteiger partial charge in [-0.25, -0.2) is 19.9 Å². The van der Waals surface area contributed by atoms with Crippen molar-refractivity contribution in [3.8, 4) is 34.3 Å². The van der Waals surface area contributed by atoms with Crippen molar-refractivity contribution in [3.05, 3.63) is 126 Å². The smallest absolute Gasteiger partial charge is 0.251 e. The SMILES string of the molecule is Cc1ccc2c(N3CC[C@@H](N)C3)nc(-c3ccccc3O)nc2c1.Cc1ccc2c(N3CC[C@@H](NC(=O)c4cccc(N(C)C)c4)C3)nc(-c3ccccc3O)nc2c1. The van der Waals surface area contributed by atoms with Crippen molar-refractivity contribution < 1.29 is 15.0 Å². The molecule has 0 aliphatic carbocycles. The third-order valence-corrected chi connectivity index (χ3v) is 10.9. The van der Waals surface area contributed by atoms with Crippen LogP contribution in [0.4, 0.5) is 17.3 Å². The summed E-state index contributed by atoms with van der Waals surface area (Å²) in [4.78, 5) is 38.4. The number of carbonyl (C=O) groups is 1. The van der Waals surface area contributed by atoms with Crippen LogP contribution in [0.25, 0.3) is 44.6 Å². The summed E-state index contributed by atoms with van der Waals surface area (Å²) >= 11 is 0. The van der Waals surface area contributed by atoms with Crippen molar-refractivity contribution >= 4 is 45.0 Å². The lowest BCUT2D eigenvalue weighted by Gasteiger charge is -2.21. The van der Waals surface area contributed by atoms with Gasteiger partial charge in [-0.2, -0.15) is 0 Å². The third-order valence-electron chi connectivity index (χ3n) is 10.9. The lowest BCUT2D eigenvalue weighted by Crippen LogP contribution is -2.37. The van der Waals surface area contributed by atoms with Crippen LogP contribution in [-0.4, -0.2) is 88.4 Å². The second-order valence-electron chi connectivity index (χ2n) is 15.7. The second kappa shape index (κ2) is 16.6. The van der Waals surface area contributed by atoms with E-state index in [0.717, 1.165) is 82.7 Å². The number of aryl methyl sites for hydroxylation is 2. The molecule has 2 atom stereocenters. The van der Waals surface area contributed by atoms with Gasteiger partial charge >= 0.3 is 0 Å². The summed E-state index contributed by atoms with van der Waals surface area (Å²) in [5, 5.41) is 25.8. The molecule has 0 radical (unpaired) electrons. The lowest BCUT2D eigenvalue weighted by atomic mass is 10.1. The van der Waals surface area contributed by atoms with Gasteiger partial charge in [-0.05, 0) is 105 Å². The zero-order valence-corrected chi connectivity index (χ0v) is 33.8. The molecule has 2 aromatic heterocycles. The molecule has 2 saturated heterocycles. The number of amides is 1. The van der Waals surface area contributed by atoms with Gasteiger partial charge in [0.2, 0.25) is 0 Å². The van der Waals surface area contributed by atoms with Gasteiger partial charge in [-0.3, -0.25) is 4.79 Å². The van der Waals surface area contributed by atoms with Crippen molar-refractivity contribution in [2.45, 2.75) is 38.8 Å². The summed E-state index contributed by atoms with van der Waals surface area (Å²) in [6.07, 6.45) is 1.78. The average Bonchev–Trinajstić information content (AvgIpc) is 3.89. The molecule has 5 aromatic carbocycles. The summed E-state index contributed by atoms with van der Waals surface area (Å²) in [6.45, 7) is 7.18. The van der Waals surface area contributed by atoms with Crippen molar-refractivity contribution in [1.29, 1.82) is 0 Å². The van der Waals surface area contributed by atoms with Crippen LogP contribution in [0.5, 0.6) is 11.5 Å². The molecule has 0 unspecified atom stereocenters. The predicted octanol–water partition coefficient (Wildman–Crippen LogP) is 7.23. The number of para-hydroxylation sites is 2. The van der Waals surface area contributed by atoms with Crippen molar-refractivity contribution in [1.82, 2.24) is 25.3 Å². The summed E-state index contributed by atoms with van der Waals surface area (Å²) in [5.74, 6) is 3.01. The Bertz CT molecular complexity index is 2670. The number of aromatic nitrogens is 4. The molecule has 2 aliphatic heterocycles. The van der Waals surface area contributed by atoms with Crippen LogP contribution in [0.1, 0.15) is 34.3 Å². The molecular weight excluding hydrogens is 739 g/mol. The third kappa shape index (κ3) is 8.44. The highest BCUT2D eigenvalue weighted by Crippen LogP contribution is 2.35. The van der Waals surface area contributed by atoms with E-state index in [0.29, 0.717) is 34.9 Å². The highest BCUT2D eigenvalue weighted by molar-refractivity contribution is 5.96. The van der Waals surface area contributed by atoms with Crippen LogP contribution < -0.4 is 25.8 Å². The standard InChI is InChI=1S/C28H29N5O2.C19H20N4O/c1-18-11-12-22-24(15-18)30-26(23-9-4-5-10-25(23)34)31-27(22)33-14-13-20(17-33)29-28(35)19-7-6-8-21(16-19)32(2)3;1-12-6-7-14-16(10-12)21-18(15-4-2-3-5-17(15)24)22-19(14)23-9-8-13(20)11-23/h4-12,15-16,20,34H,13-14,17H2,1-3H3,(H,29,35);2-7,10,13,24H,8-9,11,20H2,1H3/t20-;13-/m11/s1. The van der Waals surface area contributed by atoms with Crippen LogP contribution in [0.15, 0.2) is 109 Å². The number of benzene rings is 5. The van der Waals surface area contributed by atoms with E-state index in [4.69, 9.17) is 20.7 Å². The molecule has 1 amide bonds. The first-order valence-electron chi connectivity index (χ1n) is 20.0. The van der Waals surface area contributed by atoms with Gasteiger partial charge in [-0.1, -0.05) is 42.5 Å². The molecule has 2 aliphatic rings. The van der Waals surface area contributed by atoms with E-state index in [1.54, 1.807) is 24.3 Å². The maximum absolute atomic E-state index is 12.9. The maximum Gasteiger partial charge on any atom is 0.251 e. The number of nitrogens with one attached hydrogen (secondary N) is 1. The molecule has 59 heavy (non-hydrogen) atoms. The number of rotatable bonds is 7. The Morgan fingerprint density at radius 2 is 1.22 bits per heavy atom. The number of carbonyl (C=O) groups excluding carboxylic acids is 1. The van der Waals surface area contributed by atoms with Gasteiger partial charge in [-0.15, -0.1) is 0 Å². The summed E-state index contributed by atoms with van der Waals surface area (Å²) < 4.78 is 0. The number of nitrogens with two attached hydrogens (primary N) is 1. The van der Waals surface area contributed by atoms with E-state index < -0.39 is 0 Å². The molecule has 300 valence electrons. The quantitative estimate of drug-likeness (QED) is 0.129. The van der Waals surface area contributed by atoms with E-state index in [2.05, 4.69) is 44.4 Å². The van der Waals surface area contributed by atoms with Gasteiger partial charge < -0.3 is 36.0 Å². The van der Waals surface area contributed by atoms with E-state index in [1.807, 2.05) is 93.5 Å². The van der Waals surface area contributed by atoms with Gasteiger partial charge in [0.15, 0.2) is 11.6 Å². The Labute approximate surface area is 344 Å². The monoisotopic (exact) mass is 787 g/mol.